The Kier molecular flexibility index (Phi) is 6.51. The summed E-state index contributed by atoms with van der Waals surface area (Å²) < 4.78 is 0. The summed E-state index contributed by atoms with van der Waals surface area (Å²) in [5.74, 6) is 0. The minimum Gasteiger partial charge on any atom is -0.311 e. The van der Waals surface area contributed by atoms with E-state index in [2.05, 4.69) is 192 Å². The Labute approximate surface area is 257 Å². The second-order valence-electron chi connectivity index (χ2n) is 11.0. The van der Waals surface area contributed by atoms with Gasteiger partial charge in [0.2, 0.25) is 0 Å². The molecule has 0 amide bonds. The van der Waals surface area contributed by atoms with Crippen molar-refractivity contribution in [2.24, 2.45) is 0 Å². The van der Waals surface area contributed by atoms with Gasteiger partial charge in [0, 0.05) is 33.8 Å². The maximum absolute atomic E-state index is 2.37. The van der Waals surface area contributed by atoms with Gasteiger partial charge in [0.15, 0.2) is 0 Å². The maximum Gasteiger partial charge on any atom is 0.0540 e. The van der Waals surface area contributed by atoms with E-state index in [9.17, 15) is 0 Å². The summed E-state index contributed by atoms with van der Waals surface area (Å²) in [6.45, 7) is 0. The van der Waals surface area contributed by atoms with Gasteiger partial charge in [0.05, 0.1) is 5.69 Å². The molecule has 8 aromatic carbocycles. The van der Waals surface area contributed by atoms with E-state index in [1.807, 2.05) is 0 Å². The minimum absolute atomic E-state index is 1.10. The molecular weight excluding hydrogens is 532 g/mol. The summed E-state index contributed by atoms with van der Waals surface area (Å²) in [5, 5.41) is 7.58. The highest BCUT2D eigenvalue weighted by molar-refractivity contribution is 6.19. The third kappa shape index (κ3) is 4.54. The second kappa shape index (κ2) is 11.1. The minimum atomic E-state index is 1.10. The highest BCUT2D eigenvalue weighted by Gasteiger charge is 2.18. The van der Waals surface area contributed by atoms with Crippen LogP contribution in [-0.2, 0) is 0 Å². The Morgan fingerprint density at radius 1 is 0.227 bits per heavy atom. The van der Waals surface area contributed by atoms with Crippen molar-refractivity contribution in [1.82, 2.24) is 0 Å². The molecule has 0 spiro atoms. The van der Waals surface area contributed by atoms with Crippen molar-refractivity contribution in [2.75, 3.05) is 9.80 Å². The smallest absolute Gasteiger partial charge is 0.0540 e. The van der Waals surface area contributed by atoms with Gasteiger partial charge >= 0.3 is 0 Å². The van der Waals surface area contributed by atoms with E-state index >= 15 is 0 Å². The highest BCUT2D eigenvalue weighted by atomic mass is 15.2. The number of hydrogen-bond acceptors (Lipinski definition) is 2. The molecule has 8 rings (SSSR count). The molecule has 44 heavy (non-hydrogen) atoms. The third-order valence-corrected chi connectivity index (χ3v) is 8.41. The third-order valence-electron chi connectivity index (χ3n) is 8.41. The molecular formula is C42H30N2. The Morgan fingerprint density at radius 2 is 0.636 bits per heavy atom. The van der Waals surface area contributed by atoms with Gasteiger partial charge in [0.25, 0.3) is 0 Å². The van der Waals surface area contributed by atoms with Crippen LogP contribution >= 0.6 is 0 Å². The summed E-state index contributed by atoms with van der Waals surface area (Å²) in [6, 6.07) is 65.0. The van der Waals surface area contributed by atoms with E-state index in [1.54, 1.807) is 0 Å². The van der Waals surface area contributed by atoms with Crippen LogP contribution in [0, 0.1) is 0 Å². The van der Waals surface area contributed by atoms with E-state index in [-0.39, 0.29) is 0 Å². The molecule has 0 fully saturated rings. The lowest BCUT2D eigenvalue weighted by atomic mass is 9.96. The number of fused-ring (bicyclic) bond motifs is 5. The zero-order valence-corrected chi connectivity index (χ0v) is 24.2. The van der Waals surface area contributed by atoms with E-state index in [0.29, 0.717) is 0 Å². The second-order valence-corrected chi connectivity index (χ2v) is 11.0. The van der Waals surface area contributed by atoms with Crippen LogP contribution in [0.25, 0.3) is 32.3 Å². The van der Waals surface area contributed by atoms with Gasteiger partial charge in [-0.3, -0.25) is 0 Å². The molecule has 8 aromatic rings. The van der Waals surface area contributed by atoms with E-state index < -0.39 is 0 Å². The average Bonchev–Trinajstić information content (AvgIpc) is 3.10. The van der Waals surface area contributed by atoms with Crippen molar-refractivity contribution < 1.29 is 0 Å². The summed E-state index contributed by atoms with van der Waals surface area (Å²) in [4.78, 5) is 4.67. The highest BCUT2D eigenvalue weighted by Crippen LogP contribution is 2.43. The summed E-state index contributed by atoms with van der Waals surface area (Å²) in [7, 11) is 0. The van der Waals surface area contributed by atoms with Crippen LogP contribution < -0.4 is 9.80 Å². The predicted octanol–water partition coefficient (Wildman–Crippen LogP) is 12.1. The maximum atomic E-state index is 2.37. The summed E-state index contributed by atoms with van der Waals surface area (Å²) in [5.41, 5.74) is 6.73. The number of anilines is 6. The molecule has 0 atom stereocenters. The first-order valence-corrected chi connectivity index (χ1v) is 15.0. The van der Waals surface area contributed by atoms with Gasteiger partial charge in [-0.2, -0.15) is 0 Å². The molecule has 0 bridgehead atoms. The largest absolute Gasteiger partial charge is 0.311 e. The topological polar surface area (TPSA) is 6.48 Å². The van der Waals surface area contributed by atoms with E-state index in [4.69, 9.17) is 0 Å². The fourth-order valence-electron chi connectivity index (χ4n) is 6.39. The number of benzene rings is 8. The fraction of sp³-hybridized carbons (Fsp3) is 0. The zero-order chi connectivity index (χ0) is 29.3. The predicted molar refractivity (Wildman–Crippen MR) is 188 cm³/mol. The molecule has 0 saturated carbocycles. The lowest BCUT2D eigenvalue weighted by Gasteiger charge is -2.29. The summed E-state index contributed by atoms with van der Waals surface area (Å²) >= 11 is 0. The average molecular weight is 563 g/mol. The number of rotatable bonds is 6. The molecule has 208 valence electrons. The van der Waals surface area contributed by atoms with E-state index in [1.165, 1.54) is 32.3 Å². The molecule has 0 heterocycles. The van der Waals surface area contributed by atoms with E-state index in [0.717, 1.165) is 34.1 Å². The molecule has 0 aliphatic carbocycles. The van der Waals surface area contributed by atoms with Crippen LogP contribution in [0.4, 0.5) is 34.1 Å². The van der Waals surface area contributed by atoms with Gasteiger partial charge in [-0.25, -0.2) is 0 Å². The van der Waals surface area contributed by atoms with Crippen LogP contribution in [0.3, 0.4) is 0 Å². The summed E-state index contributed by atoms with van der Waals surface area (Å²) in [6.07, 6.45) is 0. The Balaban J connectivity index is 1.28. The van der Waals surface area contributed by atoms with Crippen molar-refractivity contribution in [1.29, 1.82) is 0 Å². The molecule has 0 N–H and O–H groups in total. The Bertz CT molecular complexity index is 2170. The Morgan fingerprint density at radius 3 is 1.27 bits per heavy atom. The van der Waals surface area contributed by atoms with Crippen LogP contribution in [0.1, 0.15) is 0 Å². The molecule has 0 aliphatic rings. The monoisotopic (exact) mass is 562 g/mol. The van der Waals surface area contributed by atoms with Crippen molar-refractivity contribution in [3.8, 4) is 0 Å². The first kappa shape index (κ1) is 25.8. The van der Waals surface area contributed by atoms with Crippen molar-refractivity contribution in [3.63, 3.8) is 0 Å². The Hall–Kier alpha value is -5.86. The number of nitrogens with zero attached hydrogens (tertiary/aromatic N) is 2. The van der Waals surface area contributed by atoms with Crippen LogP contribution in [-0.4, -0.2) is 0 Å². The molecule has 0 aromatic heterocycles. The molecule has 0 radical (unpaired) electrons. The van der Waals surface area contributed by atoms with Crippen LogP contribution in [0.15, 0.2) is 182 Å². The molecule has 2 nitrogen and oxygen atoms in total. The van der Waals surface area contributed by atoms with Gasteiger partial charge in [-0.1, -0.05) is 115 Å². The van der Waals surface area contributed by atoms with Gasteiger partial charge in [-0.05, 0) is 93.7 Å². The quantitative estimate of drug-likeness (QED) is 0.186. The molecule has 0 aliphatic heterocycles. The number of hydrogen-bond donors (Lipinski definition) is 0. The van der Waals surface area contributed by atoms with Gasteiger partial charge < -0.3 is 9.80 Å². The molecule has 2 heteroatoms. The first-order chi connectivity index (χ1) is 21.8. The van der Waals surface area contributed by atoms with Crippen molar-refractivity contribution in [2.45, 2.75) is 0 Å². The number of para-hydroxylation sites is 3. The van der Waals surface area contributed by atoms with Crippen LogP contribution in [0.5, 0.6) is 0 Å². The SMILES string of the molecule is c1ccc(N(c2ccccc2)c2ccc(N(c3ccccc3)c3cccc4c3ccc3c5ccccc5ccc43)cc2)cc1. The molecule has 0 unspecified atom stereocenters. The first-order valence-electron chi connectivity index (χ1n) is 15.0. The van der Waals surface area contributed by atoms with Crippen molar-refractivity contribution >= 4 is 66.4 Å². The molecule has 0 saturated heterocycles. The normalized spacial score (nSPS) is 11.2. The lowest BCUT2D eigenvalue weighted by molar-refractivity contribution is 1.26. The fourth-order valence-corrected chi connectivity index (χ4v) is 6.39. The van der Waals surface area contributed by atoms with Gasteiger partial charge in [-0.15, -0.1) is 0 Å². The standard InChI is InChI=1S/C42H30N2/c1-4-14-32(15-5-1)43(33-16-6-2-7-17-33)35-24-26-36(27-25-35)44(34-18-8-3-9-19-34)42-22-12-21-38-40-28-23-31-13-10-11-20-37(31)39(40)29-30-41(38)42/h1-30H. The zero-order valence-electron chi connectivity index (χ0n) is 24.2. The lowest BCUT2D eigenvalue weighted by Crippen LogP contribution is -2.12. The van der Waals surface area contributed by atoms with Gasteiger partial charge in [0.1, 0.15) is 0 Å². The van der Waals surface area contributed by atoms with Crippen molar-refractivity contribution in [3.05, 3.63) is 182 Å². The van der Waals surface area contributed by atoms with Crippen LogP contribution in [0.2, 0.25) is 0 Å².